The van der Waals surface area contributed by atoms with E-state index in [-0.39, 0.29) is 11.5 Å². The van der Waals surface area contributed by atoms with E-state index in [1.165, 1.54) is 53.7 Å². The van der Waals surface area contributed by atoms with E-state index in [2.05, 4.69) is 39.5 Å². The van der Waals surface area contributed by atoms with Gasteiger partial charge in [-0.05, 0) is 49.5 Å². The van der Waals surface area contributed by atoms with Crippen LogP contribution in [0.15, 0.2) is 35.4 Å². The van der Waals surface area contributed by atoms with Crippen molar-refractivity contribution in [3.8, 4) is 0 Å². The predicted octanol–water partition coefficient (Wildman–Crippen LogP) is 2.83. The van der Waals surface area contributed by atoms with Gasteiger partial charge >= 0.3 is 0 Å². The fourth-order valence-electron chi connectivity index (χ4n) is 3.65. The van der Waals surface area contributed by atoms with E-state index in [9.17, 15) is 9.59 Å². The first kappa shape index (κ1) is 18.8. The molecule has 1 aromatic carbocycles. The van der Waals surface area contributed by atoms with Gasteiger partial charge in [-0.1, -0.05) is 24.3 Å². The lowest BCUT2D eigenvalue weighted by Crippen LogP contribution is -2.23. The number of rotatable bonds is 5. The van der Waals surface area contributed by atoms with Gasteiger partial charge in [-0.3, -0.25) is 14.5 Å². The molecule has 1 N–H and O–H groups in total. The normalized spacial score (nSPS) is 14.6. The summed E-state index contributed by atoms with van der Waals surface area (Å²) in [5.74, 6) is -0.163. The third kappa shape index (κ3) is 3.72. The van der Waals surface area contributed by atoms with Crippen LogP contribution in [0.25, 0.3) is 10.2 Å². The van der Waals surface area contributed by atoms with Gasteiger partial charge < -0.3 is 9.88 Å². The van der Waals surface area contributed by atoms with Crippen LogP contribution < -0.4 is 10.9 Å². The number of carbonyl (C=O) groups is 1. The summed E-state index contributed by atoms with van der Waals surface area (Å²) in [5, 5.41) is 3.50. The second-order valence-corrected chi connectivity index (χ2v) is 8.38. The van der Waals surface area contributed by atoms with E-state index < -0.39 is 0 Å². The predicted molar refractivity (Wildman–Crippen MR) is 112 cm³/mol. The number of aryl methyl sites for hydroxylation is 2. The molecule has 3 aromatic rings. The van der Waals surface area contributed by atoms with Crippen molar-refractivity contribution in [2.75, 3.05) is 13.1 Å². The molecule has 1 fully saturated rings. The summed E-state index contributed by atoms with van der Waals surface area (Å²) in [6.07, 6.45) is 4.08. The number of amides is 1. The molecule has 1 amide bonds. The maximum absolute atomic E-state index is 12.7. The Labute approximate surface area is 167 Å². The topological polar surface area (TPSA) is 67.2 Å². The summed E-state index contributed by atoms with van der Waals surface area (Å²) in [5.41, 5.74) is 2.95. The number of aromatic nitrogens is 2. The van der Waals surface area contributed by atoms with Crippen molar-refractivity contribution in [1.29, 1.82) is 0 Å². The number of nitrogens with zero attached hydrogens (tertiary/aromatic N) is 3. The van der Waals surface area contributed by atoms with Crippen molar-refractivity contribution in [2.24, 2.45) is 7.05 Å². The van der Waals surface area contributed by atoms with E-state index in [0.717, 1.165) is 12.1 Å². The monoisotopic (exact) mass is 396 g/mol. The Morgan fingerprint density at radius 3 is 2.57 bits per heavy atom. The van der Waals surface area contributed by atoms with Crippen LogP contribution in [0.5, 0.6) is 0 Å². The average molecular weight is 397 g/mol. The van der Waals surface area contributed by atoms with Gasteiger partial charge in [-0.2, -0.15) is 0 Å². The van der Waals surface area contributed by atoms with Gasteiger partial charge in [0.2, 0.25) is 0 Å². The van der Waals surface area contributed by atoms with E-state index >= 15 is 0 Å². The van der Waals surface area contributed by atoms with Gasteiger partial charge in [0.1, 0.15) is 4.83 Å². The summed E-state index contributed by atoms with van der Waals surface area (Å²) in [6.45, 7) is 5.64. The molecular weight excluding hydrogens is 372 g/mol. The molecule has 0 atom stereocenters. The lowest BCUT2D eigenvalue weighted by molar-refractivity contribution is 0.0954. The summed E-state index contributed by atoms with van der Waals surface area (Å²) in [4.78, 5) is 32.9. The average Bonchev–Trinajstić information content (AvgIpc) is 3.32. The Bertz CT molecular complexity index is 1060. The Kier molecular flexibility index (Phi) is 5.28. The third-order valence-corrected chi connectivity index (χ3v) is 6.50. The van der Waals surface area contributed by atoms with Crippen molar-refractivity contribution in [1.82, 2.24) is 19.8 Å². The van der Waals surface area contributed by atoms with Crippen LogP contribution in [0.3, 0.4) is 0 Å². The van der Waals surface area contributed by atoms with Crippen LogP contribution in [0, 0.1) is 6.92 Å². The van der Waals surface area contributed by atoms with E-state index in [1.54, 1.807) is 7.05 Å². The maximum atomic E-state index is 12.7. The van der Waals surface area contributed by atoms with E-state index in [4.69, 9.17) is 0 Å². The molecule has 4 rings (SSSR count). The Morgan fingerprint density at radius 2 is 1.86 bits per heavy atom. The van der Waals surface area contributed by atoms with Crippen molar-refractivity contribution in [3.05, 3.63) is 62.5 Å². The standard InChI is InChI=1S/C21H24N4O2S/c1-14-17-20(23-13-24(2)21(17)27)28-18(14)19(26)22-11-15-5-7-16(8-6-15)12-25-9-3-4-10-25/h5-8,13H,3-4,9-12H2,1-2H3,(H,22,26). The number of thiophene rings is 1. The first-order valence-corrected chi connectivity index (χ1v) is 10.4. The SMILES string of the molecule is Cc1c(C(=O)NCc2ccc(CN3CCCC3)cc2)sc2ncn(C)c(=O)c12. The van der Waals surface area contributed by atoms with Gasteiger partial charge in [0.25, 0.3) is 11.5 Å². The number of hydrogen-bond donors (Lipinski definition) is 1. The van der Waals surface area contributed by atoms with Crippen LogP contribution >= 0.6 is 11.3 Å². The highest BCUT2D eigenvalue weighted by Gasteiger charge is 2.19. The molecule has 146 valence electrons. The van der Waals surface area contributed by atoms with Gasteiger partial charge in [0.05, 0.1) is 16.6 Å². The minimum absolute atomic E-state index is 0.119. The lowest BCUT2D eigenvalue weighted by Gasteiger charge is -2.14. The first-order valence-electron chi connectivity index (χ1n) is 9.56. The highest BCUT2D eigenvalue weighted by molar-refractivity contribution is 7.20. The molecule has 7 heteroatoms. The number of fused-ring (bicyclic) bond motifs is 1. The van der Waals surface area contributed by atoms with E-state index in [0.29, 0.717) is 27.2 Å². The minimum atomic E-state index is -0.163. The van der Waals surface area contributed by atoms with Gasteiger partial charge in [0.15, 0.2) is 0 Å². The smallest absolute Gasteiger partial charge is 0.262 e. The summed E-state index contributed by atoms with van der Waals surface area (Å²) < 4.78 is 1.44. The van der Waals surface area contributed by atoms with Crippen LogP contribution in [0.4, 0.5) is 0 Å². The van der Waals surface area contributed by atoms with Crippen molar-refractivity contribution < 1.29 is 4.79 Å². The molecule has 0 unspecified atom stereocenters. The van der Waals surface area contributed by atoms with Crippen LogP contribution in [-0.2, 0) is 20.1 Å². The zero-order valence-electron chi connectivity index (χ0n) is 16.2. The summed E-state index contributed by atoms with van der Waals surface area (Å²) in [7, 11) is 1.67. The number of likely N-dealkylation sites (tertiary alicyclic amines) is 1. The minimum Gasteiger partial charge on any atom is -0.347 e. The second kappa shape index (κ2) is 7.85. The summed E-state index contributed by atoms with van der Waals surface area (Å²) in [6, 6.07) is 8.41. The van der Waals surface area contributed by atoms with Crippen molar-refractivity contribution in [3.63, 3.8) is 0 Å². The highest BCUT2D eigenvalue weighted by Crippen LogP contribution is 2.26. The fraction of sp³-hybridized carbons (Fsp3) is 0.381. The molecule has 1 saturated heterocycles. The van der Waals surface area contributed by atoms with Crippen molar-refractivity contribution >= 4 is 27.5 Å². The Balaban J connectivity index is 1.43. The quantitative estimate of drug-likeness (QED) is 0.720. The number of nitrogens with one attached hydrogen (secondary N) is 1. The first-order chi connectivity index (χ1) is 13.5. The molecule has 3 heterocycles. The summed E-state index contributed by atoms with van der Waals surface area (Å²) >= 11 is 1.27. The Hall–Kier alpha value is -2.51. The molecule has 0 radical (unpaired) electrons. The molecule has 0 bridgehead atoms. The molecule has 0 spiro atoms. The molecule has 6 nitrogen and oxygen atoms in total. The maximum Gasteiger partial charge on any atom is 0.262 e. The second-order valence-electron chi connectivity index (χ2n) is 7.38. The number of hydrogen-bond acceptors (Lipinski definition) is 5. The number of carbonyl (C=O) groups excluding carboxylic acids is 1. The molecule has 0 aliphatic carbocycles. The molecule has 1 aliphatic heterocycles. The molecule has 28 heavy (non-hydrogen) atoms. The van der Waals surface area contributed by atoms with Crippen LogP contribution in [0.1, 0.15) is 39.2 Å². The zero-order chi connectivity index (χ0) is 19.7. The Morgan fingerprint density at radius 1 is 1.18 bits per heavy atom. The van der Waals surface area contributed by atoms with Crippen LogP contribution in [0.2, 0.25) is 0 Å². The van der Waals surface area contributed by atoms with Gasteiger partial charge in [-0.25, -0.2) is 4.98 Å². The lowest BCUT2D eigenvalue weighted by atomic mass is 10.1. The van der Waals surface area contributed by atoms with Crippen LogP contribution in [-0.4, -0.2) is 33.4 Å². The third-order valence-electron chi connectivity index (χ3n) is 5.30. The van der Waals surface area contributed by atoms with Gasteiger partial charge in [0, 0.05) is 20.1 Å². The molecular formula is C21H24N4O2S. The highest BCUT2D eigenvalue weighted by atomic mass is 32.1. The van der Waals surface area contributed by atoms with E-state index in [1.807, 2.05) is 6.92 Å². The number of benzene rings is 1. The van der Waals surface area contributed by atoms with Gasteiger partial charge in [-0.15, -0.1) is 11.3 Å². The van der Waals surface area contributed by atoms with Crippen molar-refractivity contribution in [2.45, 2.75) is 32.9 Å². The molecule has 1 aliphatic rings. The fourth-order valence-corrected chi connectivity index (χ4v) is 4.71. The largest absolute Gasteiger partial charge is 0.347 e. The zero-order valence-corrected chi connectivity index (χ0v) is 17.0. The molecule has 2 aromatic heterocycles. The molecule has 0 saturated carbocycles.